The van der Waals surface area contributed by atoms with Crippen molar-refractivity contribution >= 4 is 11.6 Å². The number of aliphatic hydroxyl groups excluding tert-OH is 1. The van der Waals surface area contributed by atoms with Gasteiger partial charge in [0.1, 0.15) is 6.33 Å². The third-order valence-corrected chi connectivity index (χ3v) is 3.87. The van der Waals surface area contributed by atoms with Gasteiger partial charge in [0.2, 0.25) is 5.75 Å². The van der Waals surface area contributed by atoms with Crippen molar-refractivity contribution in [3.05, 3.63) is 6.33 Å². The number of rotatable bonds is 6. The quantitative estimate of drug-likeness (QED) is 0.823. The minimum absolute atomic E-state index is 0.0952. The predicted octanol–water partition coefficient (Wildman–Crippen LogP) is 1.51. The van der Waals surface area contributed by atoms with Gasteiger partial charge in [0.15, 0.2) is 11.6 Å². The van der Waals surface area contributed by atoms with Gasteiger partial charge in [-0.1, -0.05) is 13.8 Å². The maximum absolute atomic E-state index is 9.60. The molecule has 2 heterocycles. The Morgan fingerprint density at radius 3 is 2.95 bits per heavy atom. The van der Waals surface area contributed by atoms with E-state index in [-0.39, 0.29) is 12.6 Å². The number of aromatic nitrogens is 2. The average molecular weight is 280 g/mol. The SMILES string of the molecule is CCCNc1ncnc(N2CCC(C)C2CO)c1OC. The second kappa shape index (κ2) is 6.74. The molecule has 0 bridgehead atoms. The van der Waals surface area contributed by atoms with E-state index in [0.29, 0.717) is 11.7 Å². The van der Waals surface area contributed by atoms with Crippen LogP contribution in [-0.4, -0.2) is 47.9 Å². The fourth-order valence-corrected chi connectivity index (χ4v) is 2.68. The standard InChI is InChI=1S/C14H24N4O2/c1-4-6-15-13-12(20-3)14(17-9-16-13)18-7-5-10(2)11(18)8-19/h9-11,19H,4-8H2,1-3H3,(H,15,16,17). The molecule has 0 saturated carbocycles. The molecule has 0 aliphatic carbocycles. The number of hydrogen-bond donors (Lipinski definition) is 2. The van der Waals surface area contributed by atoms with Gasteiger partial charge in [-0.25, -0.2) is 9.97 Å². The molecule has 2 N–H and O–H groups in total. The van der Waals surface area contributed by atoms with E-state index in [2.05, 4.69) is 34.0 Å². The fourth-order valence-electron chi connectivity index (χ4n) is 2.68. The number of methoxy groups -OCH3 is 1. The lowest BCUT2D eigenvalue weighted by atomic mass is 10.0. The molecule has 0 aromatic carbocycles. The van der Waals surface area contributed by atoms with Crippen molar-refractivity contribution in [3.63, 3.8) is 0 Å². The van der Waals surface area contributed by atoms with Crippen LogP contribution in [0.4, 0.5) is 11.6 Å². The minimum Gasteiger partial charge on any atom is -0.490 e. The molecule has 6 heteroatoms. The summed E-state index contributed by atoms with van der Waals surface area (Å²) in [4.78, 5) is 10.8. The molecule has 112 valence electrons. The van der Waals surface area contributed by atoms with Gasteiger partial charge in [-0.05, 0) is 18.8 Å². The van der Waals surface area contributed by atoms with Crippen LogP contribution in [0.5, 0.6) is 5.75 Å². The van der Waals surface area contributed by atoms with E-state index in [1.165, 1.54) is 0 Å². The third-order valence-electron chi connectivity index (χ3n) is 3.87. The molecular weight excluding hydrogens is 256 g/mol. The number of nitrogens with one attached hydrogen (secondary N) is 1. The van der Waals surface area contributed by atoms with Crippen molar-refractivity contribution in [2.75, 3.05) is 37.0 Å². The van der Waals surface area contributed by atoms with Crippen LogP contribution >= 0.6 is 0 Å². The maximum atomic E-state index is 9.60. The van der Waals surface area contributed by atoms with E-state index in [1.807, 2.05) is 0 Å². The Morgan fingerprint density at radius 1 is 1.50 bits per heavy atom. The zero-order valence-electron chi connectivity index (χ0n) is 12.5. The van der Waals surface area contributed by atoms with Crippen LogP contribution in [0.1, 0.15) is 26.7 Å². The van der Waals surface area contributed by atoms with Crippen molar-refractivity contribution in [1.29, 1.82) is 0 Å². The van der Waals surface area contributed by atoms with E-state index in [4.69, 9.17) is 4.74 Å². The Kier molecular flexibility index (Phi) is 5.00. The van der Waals surface area contributed by atoms with Crippen LogP contribution in [-0.2, 0) is 0 Å². The lowest BCUT2D eigenvalue weighted by Crippen LogP contribution is -2.36. The fraction of sp³-hybridized carbons (Fsp3) is 0.714. The van der Waals surface area contributed by atoms with Gasteiger partial charge in [-0.15, -0.1) is 0 Å². The van der Waals surface area contributed by atoms with Crippen LogP contribution in [0, 0.1) is 5.92 Å². The first kappa shape index (κ1) is 14.8. The van der Waals surface area contributed by atoms with Crippen molar-refractivity contribution in [1.82, 2.24) is 9.97 Å². The van der Waals surface area contributed by atoms with Gasteiger partial charge < -0.3 is 20.1 Å². The first-order valence-electron chi connectivity index (χ1n) is 7.23. The van der Waals surface area contributed by atoms with Crippen LogP contribution in [0.3, 0.4) is 0 Å². The summed E-state index contributed by atoms with van der Waals surface area (Å²) in [5, 5.41) is 12.9. The normalized spacial score (nSPS) is 22.1. The Balaban J connectivity index is 2.31. The molecule has 0 radical (unpaired) electrons. The highest BCUT2D eigenvalue weighted by Gasteiger charge is 2.33. The predicted molar refractivity (Wildman–Crippen MR) is 79.4 cm³/mol. The molecule has 1 aliphatic heterocycles. The summed E-state index contributed by atoms with van der Waals surface area (Å²) in [6.45, 7) is 6.11. The van der Waals surface area contributed by atoms with Crippen molar-refractivity contribution in [3.8, 4) is 5.75 Å². The molecule has 1 aliphatic rings. The van der Waals surface area contributed by atoms with Crippen molar-refractivity contribution in [2.24, 2.45) is 5.92 Å². The summed E-state index contributed by atoms with van der Waals surface area (Å²) >= 11 is 0. The number of aliphatic hydroxyl groups is 1. The van der Waals surface area contributed by atoms with Gasteiger partial charge >= 0.3 is 0 Å². The summed E-state index contributed by atoms with van der Waals surface area (Å²) < 4.78 is 5.50. The lowest BCUT2D eigenvalue weighted by Gasteiger charge is -2.27. The molecule has 0 amide bonds. The average Bonchev–Trinajstić information content (AvgIpc) is 2.85. The number of ether oxygens (including phenoxy) is 1. The van der Waals surface area contributed by atoms with E-state index in [1.54, 1.807) is 13.4 Å². The highest BCUT2D eigenvalue weighted by atomic mass is 16.5. The first-order chi connectivity index (χ1) is 9.72. The van der Waals surface area contributed by atoms with E-state index in [9.17, 15) is 5.11 Å². The summed E-state index contributed by atoms with van der Waals surface area (Å²) in [7, 11) is 1.63. The molecule has 6 nitrogen and oxygen atoms in total. The van der Waals surface area contributed by atoms with Crippen LogP contribution < -0.4 is 15.0 Å². The Hall–Kier alpha value is -1.56. The number of anilines is 2. The van der Waals surface area contributed by atoms with Gasteiger partial charge in [0.25, 0.3) is 0 Å². The molecule has 0 spiro atoms. The third kappa shape index (κ3) is 2.80. The zero-order chi connectivity index (χ0) is 14.5. The van der Waals surface area contributed by atoms with Gasteiger partial charge in [-0.3, -0.25) is 0 Å². The molecule has 2 atom stereocenters. The first-order valence-corrected chi connectivity index (χ1v) is 7.23. The number of hydrogen-bond acceptors (Lipinski definition) is 6. The second-order valence-corrected chi connectivity index (χ2v) is 5.22. The van der Waals surface area contributed by atoms with Crippen LogP contribution in [0.25, 0.3) is 0 Å². The van der Waals surface area contributed by atoms with Crippen molar-refractivity contribution in [2.45, 2.75) is 32.7 Å². The Morgan fingerprint density at radius 2 is 2.30 bits per heavy atom. The smallest absolute Gasteiger partial charge is 0.204 e. The molecule has 1 fully saturated rings. The summed E-state index contributed by atoms with van der Waals surface area (Å²) in [6.07, 6.45) is 3.62. The Bertz CT molecular complexity index is 441. The molecular formula is C14H24N4O2. The van der Waals surface area contributed by atoms with Gasteiger partial charge in [-0.2, -0.15) is 0 Å². The van der Waals surface area contributed by atoms with Gasteiger partial charge in [0.05, 0.1) is 19.8 Å². The highest BCUT2D eigenvalue weighted by Crippen LogP contribution is 2.37. The summed E-state index contributed by atoms with van der Waals surface area (Å²) in [6, 6.07) is 0.0952. The number of nitrogens with zero attached hydrogens (tertiary/aromatic N) is 3. The lowest BCUT2D eigenvalue weighted by molar-refractivity contribution is 0.244. The molecule has 2 rings (SSSR count). The second-order valence-electron chi connectivity index (χ2n) is 5.22. The molecule has 1 aromatic rings. The molecule has 2 unspecified atom stereocenters. The van der Waals surface area contributed by atoms with Crippen molar-refractivity contribution < 1.29 is 9.84 Å². The monoisotopic (exact) mass is 280 g/mol. The van der Waals surface area contributed by atoms with E-state index < -0.39 is 0 Å². The summed E-state index contributed by atoms with van der Waals surface area (Å²) in [5.74, 6) is 2.60. The minimum atomic E-state index is 0.0952. The zero-order valence-corrected chi connectivity index (χ0v) is 12.5. The van der Waals surface area contributed by atoms with Gasteiger partial charge in [0, 0.05) is 13.1 Å². The Labute approximate surface area is 120 Å². The highest BCUT2D eigenvalue weighted by molar-refractivity contribution is 5.65. The van der Waals surface area contributed by atoms with Crippen LogP contribution in [0.15, 0.2) is 6.33 Å². The molecule has 1 aromatic heterocycles. The van der Waals surface area contributed by atoms with Crippen LogP contribution in [0.2, 0.25) is 0 Å². The largest absolute Gasteiger partial charge is 0.490 e. The molecule has 20 heavy (non-hydrogen) atoms. The van der Waals surface area contributed by atoms with E-state index >= 15 is 0 Å². The van der Waals surface area contributed by atoms with E-state index in [0.717, 1.165) is 37.6 Å². The summed E-state index contributed by atoms with van der Waals surface area (Å²) in [5.41, 5.74) is 0. The molecule has 1 saturated heterocycles. The maximum Gasteiger partial charge on any atom is 0.204 e. The topological polar surface area (TPSA) is 70.5 Å².